The van der Waals surface area contributed by atoms with Gasteiger partial charge in [0.2, 0.25) is 0 Å². The summed E-state index contributed by atoms with van der Waals surface area (Å²) in [6, 6.07) is 12.8. The van der Waals surface area contributed by atoms with Crippen LogP contribution in [0.4, 0.5) is 0 Å². The van der Waals surface area contributed by atoms with Crippen LogP contribution in [0.25, 0.3) is 0 Å². The largest absolute Gasteiger partial charge is 0.496 e. The molecule has 0 aromatic heterocycles. The molecule has 2 aromatic rings. The smallest absolute Gasteiger partial charge is 0.123 e. The van der Waals surface area contributed by atoms with Crippen LogP contribution in [0.5, 0.6) is 5.75 Å². The van der Waals surface area contributed by atoms with Crippen LogP contribution >= 0.6 is 15.9 Å². The van der Waals surface area contributed by atoms with Gasteiger partial charge >= 0.3 is 0 Å². The van der Waals surface area contributed by atoms with Crippen molar-refractivity contribution in [2.75, 3.05) is 13.7 Å². The molecule has 0 bridgehead atoms. The molecule has 0 amide bonds. The second-order valence-corrected chi connectivity index (χ2v) is 6.04. The van der Waals surface area contributed by atoms with E-state index in [1.54, 1.807) is 7.11 Å². The van der Waals surface area contributed by atoms with E-state index in [1.165, 1.54) is 22.3 Å². The Hall–Kier alpha value is -1.32. The Kier molecular flexibility index (Phi) is 5.43. The van der Waals surface area contributed by atoms with Crippen LogP contribution in [0.15, 0.2) is 40.9 Å². The topological polar surface area (TPSA) is 21.3 Å². The summed E-state index contributed by atoms with van der Waals surface area (Å²) in [5.74, 6) is 0.920. The van der Waals surface area contributed by atoms with Crippen molar-refractivity contribution in [3.8, 4) is 5.75 Å². The van der Waals surface area contributed by atoms with Gasteiger partial charge in [0.15, 0.2) is 0 Å². The fourth-order valence-corrected chi connectivity index (χ4v) is 3.07. The van der Waals surface area contributed by atoms with Gasteiger partial charge in [-0.25, -0.2) is 0 Å². The molecule has 3 heteroatoms. The molecule has 0 aliphatic carbocycles. The van der Waals surface area contributed by atoms with Crippen LogP contribution in [-0.2, 0) is 0 Å². The zero-order valence-electron chi connectivity index (χ0n) is 13.0. The van der Waals surface area contributed by atoms with Crippen LogP contribution in [0.1, 0.15) is 35.2 Å². The van der Waals surface area contributed by atoms with Gasteiger partial charge in [-0.05, 0) is 49.2 Å². The first-order valence-electron chi connectivity index (χ1n) is 7.21. The fraction of sp³-hybridized carbons (Fsp3) is 0.333. The summed E-state index contributed by atoms with van der Waals surface area (Å²) in [6.07, 6.45) is 0. The molecule has 0 radical (unpaired) electrons. The minimum atomic E-state index is 0.137. The molecule has 112 valence electrons. The zero-order valence-corrected chi connectivity index (χ0v) is 14.6. The molecule has 2 rings (SSSR count). The number of aryl methyl sites for hydroxylation is 2. The standard InChI is InChI=1S/C18H22BrNO/c1-5-20-18(14-8-6-7-9-17(14)21-4)15-10-13(3)16(19)11-12(15)2/h6-11,18,20H,5H2,1-4H3. The number of halogens is 1. The van der Waals surface area contributed by atoms with Crippen LogP contribution in [0.3, 0.4) is 0 Å². The molecule has 0 spiro atoms. The molecule has 0 saturated heterocycles. The Morgan fingerprint density at radius 1 is 1.10 bits per heavy atom. The van der Waals surface area contributed by atoms with Crippen LogP contribution < -0.4 is 10.1 Å². The maximum absolute atomic E-state index is 5.54. The second-order valence-electron chi connectivity index (χ2n) is 5.19. The molecule has 1 atom stereocenters. The monoisotopic (exact) mass is 347 g/mol. The number of benzene rings is 2. The van der Waals surface area contributed by atoms with E-state index in [2.05, 4.69) is 66.3 Å². The highest BCUT2D eigenvalue weighted by atomic mass is 79.9. The molecule has 0 heterocycles. The van der Waals surface area contributed by atoms with E-state index in [0.717, 1.165) is 16.8 Å². The minimum Gasteiger partial charge on any atom is -0.496 e. The third kappa shape index (κ3) is 3.47. The van der Waals surface area contributed by atoms with Gasteiger partial charge in [0.05, 0.1) is 13.2 Å². The summed E-state index contributed by atoms with van der Waals surface area (Å²) < 4.78 is 6.69. The first kappa shape index (κ1) is 16.1. The van der Waals surface area contributed by atoms with Gasteiger partial charge in [0.1, 0.15) is 5.75 Å². The van der Waals surface area contributed by atoms with Gasteiger partial charge in [-0.2, -0.15) is 0 Å². The number of para-hydroxylation sites is 1. The molecule has 21 heavy (non-hydrogen) atoms. The third-order valence-corrected chi connectivity index (χ3v) is 4.57. The highest BCUT2D eigenvalue weighted by molar-refractivity contribution is 9.10. The van der Waals surface area contributed by atoms with E-state index in [4.69, 9.17) is 4.74 Å². The Bertz CT molecular complexity index is 625. The van der Waals surface area contributed by atoms with Crippen molar-refractivity contribution in [3.63, 3.8) is 0 Å². The Morgan fingerprint density at radius 2 is 1.81 bits per heavy atom. The highest BCUT2D eigenvalue weighted by Crippen LogP contribution is 2.33. The number of hydrogen-bond donors (Lipinski definition) is 1. The van der Waals surface area contributed by atoms with Gasteiger partial charge in [0, 0.05) is 10.0 Å². The zero-order chi connectivity index (χ0) is 15.4. The molecule has 0 saturated carbocycles. The molecule has 0 fully saturated rings. The minimum absolute atomic E-state index is 0.137. The SMILES string of the molecule is CCNC(c1cc(C)c(Br)cc1C)c1ccccc1OC. The maximum atomic E-state index is 5.54. The van der Waals surface area contributed by atoms with Gasteiger partial charge in [-0.3, -0.25) is 0 Å². The molecular formula is C18H22BrNO. The van der Waals surface area contributed by atoms with Gasteiger partial charge in [0.25, 0.3) is 0 Å². The second kappa shape index (κ2) is 7.10. The average molecular weight is 348 g/mol. The number of rotatable bonds is 5. The molecule has 2 nitrogen and oxygen atoms in total. The van der Waals surface area contributed by atoms with Gasteiger partial charge in [-0.15, -0.1) is 0 Å². The van der Waals surface area contributed by atoms with Gasteiger partial charge < -0.3 is 10.1 Å². The lowest BCUT2D eigenvalue weighted by Crippen LogP contribution is -2.23. The van der Waals surface area contributed by atoms with Crippen molar-refractivity contribution in [2.45, 2.75) is 26.8 Å². The normalized spacial score (nSPS) is 12.2. The lowest BCUT2D eigenvalue weighted by molar-refractivity contribution is 0.404. The first-order chi connectivity index (χ1) is 10.1. The van der Waals surface area contributed by atoms with E-state index in [-0.39, 0.29) is 6.04 Å². The van der Waals surface area contributed by atoms with E-state index in [1.807, 2.05) is 12.1 Å². The third-order valence-electron chi connectivity index (χ3n) is 3.72. The first-order valence-corrected chi connectivity index (χ1v) is 8.00. The lowest BCUT2D eigenvalue weighted by atomic mass is 9.93. The van der Waals surface area contributed by atoms with Crippen molar-refractivity contribution in [1.29, 1.82) is 0 Å². The van der Waals surface area contributed by atoms with Gasteiger partial charge in [-0.1, -0.05) is 47.1 Å². The van der Waals surface area contributed by atoms with E-state index in [9.17, 15) is 0 Å². The average Bonchev–Trinajstić information content (AvgIpc) is 2.49. The molecule has 0 aliphatic heterocycles. The summed E-state index contributed by atoms with van der Waals surface area (Å²) in [5.41, 5.74) is 4.98. The van der Waals surface area contributed by atoms with E-state index >= 15 is 0 Å². The molecule has 1 N–H and O–H groups in total. The fourth-order valence-electron chi connectivity index (χ4n) is 2.61. The van der Waals surface area contributed by atoms with Crippen LogP contribution in [0, 0.1) is 13.8 Å². The Balaban J connectivity index is 2.56. The number of nitrogens with one attached hydrogen (secondary N) is 1. The highest BCUT2D eigenvalue weighted by Gasteiger charge is 2.19. The molecule has 2 aromatic carbocycles. The Labute approximate surface area is 135 Å². The predicted molar refractivity (Wildman–Crippen MR) is 92.1 cm³/mol. The molecule has 0 aliphatic rings. The number of methoxy groups -OCH3 is 1. The van der Waals surface area contributed by atoms with Crippen molar-refractivity contribution in [2.24, 2.45) is 0 Å². The summed E-state index contributed by atoms with van der Waals surface area (Å²) >= 11 is 3.61. The lowest BCUT2D eigenvalue weighted by Gasteiger charge is -2.23. The predicted octanol–water partition coefficient (Wildman–Crippen LogP) is 4.77. The molecular weight excluding hydrogens is 326 g/mol. The number of ether oxygens (including phenoxy) is 1. The summed E-state index contributed by atoms with van der Waals surface area (Å²) in [6.45, 7) is 7.30. The quantitative estimate of drug-likeness (QED) is 0.840. The van der Waals surface area contributed by atoms with Crippen molar-refractivity contribution < 1.29 is 4.74 Å². The van der Waals surface area contributed by atoms with E-state index in [0.29, 0.717) is 0 Å². The number of hydrogen-bond acceptors (Lipinski definition) is 2. The van der Waals surface area contributed by atoms with Crippen molar-refractivity contribution in [1.82, 2.24) is 5.32 Å². The van der Waals surface area contributed by atoms with Crippen LogP contribution in [-0.4, -0.2) is 13.7 Å². The summed E-state index contributed by atoms with van der Waals surface area (Å²) in [4.78, 5) is 0. The van der Waals surface area contributed by atoms with Crippen molar-refractivity contribution in [3.05, 3.63) is 63.1 Å². The maximum Gasteiger partial charge on any atom is 0.123 e. The summed E-state index contributed by atoms with van der Waals surface area (Å²) in [7, 11) is 1.72. The summed E-state index contributed by atoms with van der Waals surface area (Å²) in [5, 5.41) is 3.58. The van der Waals surface area contributed by atoms with Crippen molar-refractivity contribution >= 4 is 15.9 Å². The van der Waals surface area contributed by atoms with E-state index < -0.39 is 0 Å². The van der Waals surface area contributed by atoms with Crippen LogP contribution in [0.2, 0.25) is 0 Å². The molecule has 1 unspecified atom stereocenters. The Morgan fingerprint density at radius 3 is 2.48 bits per heavy atom.